The van der Waals surface area contributed by atoms with Crippen LogP contribution < -0.4 is 9.96 Å². The van der Waals surface area contributed by atoms with Gasteiger partial charge in [-0.15, -0.1) is 0 Å². The van der Waals surface area contributed by atoms with Crippen LogP contribution in [0.3, 0.4) is 0 Å². The lowest BCUT2D eigenvalue weighted by molar-refractivity contribution is -0.991. The Morgan fingerprint density at radius 3 is 2.50 bits per heavy atom. The second-order valence-electron chi connectivity index (χ2n) is 7.71. The predicted octanol–water partition coefficient (Wildman–Crippen LogP) is 3.53. The molecule has 1 aromatic heterocycles. The molecule has 0 saturated heterocycles. The van der Waals surface area contributed by atoms with Gasteiger partial charge in [0.1, 0.15) is 22.7 Å². The minimum Gasteiger partial charge on any atom is -0.595 e. The van der Waals surface area contributed by atoms with E-state index in [-0.39, 0.29) is 23.6 Å². The monoisotopic (exact) mass is 413 g/mol. The Morgan fingerprint density at radius 2 is 1.87 bits per heavy atom. The molecule has 0 aliphatic heterocycles. The summed E-state index contributed by atoms with van der Waals surface area (Å²) in [5, 5.41) is 19.5. The highest BCUT2D eigenvalue weighted by Crippen LogP contribution is 2.36. The number of hydrogen-bond acceptors (Lipinski definition) is 7. The zero-order valence-corrected chi connectivity index (χ0v) is 17.1. The zero-order valence-electron chi connectivity index (χ0n) is 17.1. The van der Waals surface area contributed by atoms with Crippen LogP contribution in [0, 0.1) is 5.21 Å². The molecule has 8 heteroatoms. The number of esters is 2. The summed E-state index contributed by atoms with van der Waals surface area (Å²) in [5.41, 5.74) is 0.396. The number of carbonyl (C=O) groups is 2. The lowest BCUT2D eigenvalue weighted by Gasteiger charge is -2.16. The van der Waals surface area contributed by atoms with Gasteiger partial charge in [0.05, 0.1) is 12.2 Å². The Labute approximate surface area is 173 Å². The number of carbonyl (C=O) groups excluding carboxylic acids is 2. The zero-order chi connectivity index (χ0) is 22.1. The molecule has 1 atom stereocenters. The number of fused-ring (bicyclic) bond motifs is 1. The smallest absolute Gasteiger partial charge is 0.343 e. The van der Waals surface area contributed by atoms with Crippen molar-refractivity contribution in [3.8, 4) is 5.75 Å². The fraction of sp³-hybridized carbons (Fsp3) is 0.273. The summed E-state index contributed by atoms with van der Waals surface area (Å²) >= 11 is 0. The Morgan fingerprint density at radius 1 is 1.13 bits per heavy atom. The van der Waals surface area contributed by atoms with Gasteiger partial charge in [-0.25, -0.2) is 14.8 Å². The average Bonchev–Trinajstić information content (AvgIpc) is 3.07. The summed E-state index contributed by atoms with van der Waals surface area (Å²) in [5.74, 6) is -0.554. The number of quaternary nitrogens is 1. The Kier molecular flexibility index (Phi) is 5.93. The molecule has 0 aliphatic rings. The van der Waals surface area contributed by atoms with Gasteiger partial charge in [-0.1, -0.05) is 26.8 Å². The van der Waals surface area contributed by atoms with Crippen molar-refractivity contribution in [2.45, 2.75) is 33.1 Å². The third-order valence-electron chi connectivity index (χ3n) is 4.38. The van der Waals surface area contributed by atoms with Gasteiger partial charge >= 0.3 is 11.9 Å². The van der Waals surface area contributed by atoms with Gasteiger partial charge in [0.2, 0.25) is 0 Å². The van der Waals surface area contributed by atoms with Gasteiger partial charge in [-0.3, -0.25) is 0 Å². The first kappa shape index (κ1) is 21.5. The number of nitrogens with one attached hydrogen (secondary N) is 1. The van der Waals surface area contributed by atoms with E-state index in [0.717, 1.165) is 0 Å². The molecule has 1 heterocycles. The van der Waals surface area contributed by atoms with E-state index in [0.29, 0.717) is 22.3 Å². The largest absolute Gasteiger partial charge is 0.595 e. The van der Waals surface area contributed by atoms with E-state index in [9.17, 15) is 14.8 Å². The number of ether oxygens (including phenoxy) is 2. The molecule has 2 aromatic carbocycles. The van der Waals surface area contributed by atoms with E-state index in [4.69, 9.17) is 19.1 Å². The van der Waals surface area contributed by atoms with Gasteiger partial charge in [-0.05, 0) is 31.2 Å². The van der Waals surface area contributed by atoms with Crippen molar-refractivity contribution >= 4 is 28.6 Å². The van der Waals surface area contributed by atoms with Crippen molar-refractivity contribution in [2.24, 2.45) is 0 Å². The molecule has 0 amide bonds. The van der Waals surface area contributed by atoms with E-state index in [1.807, 2.05) is 20.8 Å². The number of benzene rings is 2. The molecule has 1 unspecified atom stereocenters. The molecule has 3 rings (SSSR count). The normalized spacial score (nSPS) is 12.6. The van der Waals surface area contributed by atoms with Crippen molar-refractivity contribution in [3.05, 3.63) is 64.6 Å². The number of hydrogen-bond donors (Lipinski definition) is 2. The maximum Gasteiger partial charge on any atom is 0.343 e. The van der Waals surface area contributed by atoms with Gasteiger partial charge in [0.15, 0.2) is 5.69 Å². The molecule has 0 radical (unpaired) electrons. The summed E-state index contributed by atoms with van der Waals surface area (Å²) in [6.07, 6.45) is 0. The van der Waals surface area contributed by atoms with E-state index < -0.39 is 22.6 Å². The Hall–Kier alpha value is -3.20. The second kappa shape index (κ2) is 8.27. The molecule has 0 saturated carbocycles. The minimum atomic E-state index is -1.14. The molecule has 30 heavy (non-hydrogen) atoms. The highest BCUT2D eigenvalue weighted by atomic mass is 16.8. The first-order valence-corrected chi connectivity index (χ1v) is 9.41. The molecule has 0 aliphatic carbocycles. The summed E-state index contributed by atoms with van der Waals surface area (Å²) in [6.45, 7) is 7.69. The molecule has 0 spiro atoms. The van der Waals surface area contributed by atoms with Crippen molar-refractivity contribution in [1.29, 1.82) is 0 Å². The standard InChI is InChI=1S/C22H23NO7/c1-5-28-21(25)18-16-12-15(9-10-17(16)30-19(18)22(2,3)4)29-20(24)13-7-6-8-14(11-13)23(26)27/h6-12,23,26H,5H2,1-4H3. The van der Waals surface area contributed by atoms with E-state index in [1.54, 1.807) is 25.1 Å². The third-order valence-corrected chi connectivity index (χ3v) is 4.38. The first-order valence-electron chi connectivity index (χ1n) is 9.41. The lowest BCUT2D eigenvalue weighted by Crippen LogP contribution is -2.99. The Balaban J connectivity index is 2.00. The molecule has 158 valence electrons. The van der Waals surface area contributed by atoms with E-state index in [2.05, 4.69) is 0 Å². The fourth-order valence-electron chi connectivity index (χ4n) is 3.02. The summed E-state index contributed by atoms with van der Waals surface area (Å²) < 4.78 is 16.5. The molecule has 8 nitrogen and oxygen atoms in total. The van der Waals surface area contributed by atoms with Gasteiger partial charge in [-0.2, -0.15) is 5.23 Å². The minimum absolute atomic E-state index is 0.0193. The van der Waals surface area contributed by atoms with Gasteiger partial charge in [0, 0.05) is 22.9 Å². The van der Waals surface area contributed by atoms with Crippen molar-refractivity contribution in [1.82, 2.24) is 0 Å². The van der Waals surface area contributed by atoms with E-state index >= 15 is 0 Å². The quantitative estimate of drug-likeness (QED) is 0.374. The maximum absolute atomic E-state index is 12.6. The number of furan rings is 1. The third kappa shape index (κ3) is 4.35. The maximum atomic E-state index is 12.6. The predicted molar refractivity (Wildman–Crippen MR) is 108 cm³/mol. The van der Waals surface area contributed by atoms with Gasteiger partial charge < -0.3 is 19.1 Å². The average molecular weight is 413 g/mol. The van der Waals surface area contributed by atoms with Crippen LogP contribution in [0.15, 0.2) is 46.9 Å². The van der Waals surface area contributed by atoms with Gasteiger partial charge in [0.25, 0.3) is 0 Å². The van der Waals surface area contributed by atoms with Crippen LogP contribution in [0.4, 0.5) is 5.69 Å². The summed E-state index contributed by atoms with van der Waals surface area (Å²) in [6, 6.07) is 10.3. The summed E-state index contributed by atoms with van der Waals surface area (Å²) in [4.78, 5) is 25.1. The topological polar surface area (TPSA) is 113 Å². The second-order valence-corrected chi connectivity index (χ2v) is 7.71. The molecular formula is C22H23NO7. The van der Waals surface area contributed by atoms with Crippen LogP contribution >= 0.6 is 0 Å². The molecule has 3 aromatic rings. The highest BCUT2D eigenvalue weighted by molar-refractivity contribution is 6.05. The van der Waals surface area contributed by atoms with Crippen molar-refractivity contribution in [3.63, 3.8) is 0 Å². The molecule has 2 N–H and O–H groups in total. The highest BCUT2D eigenvalue weighted by Gasteiger charge is 2.30. The fourth-order valence-corrected chi connectivity index (χ4v) is 3.02. The lowest BCUT2D eigenvalue weighted by atomic mass is 9.89. The summed E-state index contributed by atoms with van der Waals surface area (Å²) in [7, 11) is 0. The van der Waals surface area contributed by atoms with Crippen molar-refractivity contribution < 1.29 is 33.9 Å². The Bertz CT molecular complexity index is 1090. The molecule has 0 fully saturated rings. The first-order chi connectivity index (χ1) is 14.1. The van der Waals surface area contributed by atoms with Crippen LogP contribution in [0.2, 0.25) is 0 Å². The van der Waals surface area contributed by atoms with Crippen LogP contribution in [-0.2, 0) is 10.2 Å². The molecule has 0 bridgehead atoms. The number of rotatable bonds is 5. The van der Waals surface area contributed by atoms with Crippen molar-refractivity contribution in [2.75, 3.05) is 6.61 Å². The van der Waals surface area contributed by atoms with Crippen LogP contribution in [-0.4, -0.2) is 23.8 Å². The van der Waals surface area contributed by atoms with Crippen LogP contribution in [0.5, 0.6) is 5.75 Å². The van der Waals surface area contributed by atoms with Crippen LogP contribution in [0.1, 0.15) is 54.2 Å². The van der Waals surface area contributed by atoms with E-state index in [1.165, 1.54) is 24.3 Å². The van der Waals surface area contributed by atoms with Crippen LogP contribution in [0.25, 0.3) is 11.0 Å². The molecular weight excluding hydrogens is 390 g/mol. The SMILES string of the molecule is CCOC(=O)c1c(C(C)(C)C)oc2ccc(OC(=O)c3cccc([NH+]([O-])O)c3)cc12.